The van der Waals surface area contributed by atoms with Gasteiger partial charge >= 0.3 is 0 Å². The first-order valence-corrected chi connectivity index (χ1v) is 4.20. The Bertz CT molecular complexity index is 285. The molecule has 0 aromatic rings. The van der Waals surface area contributed by atoms with Crippen LogP contribution in [0.15, 0.2) is 47.1 Å². The minimum atomic E-state index is 1.10. The minimum absolute atomic E-state index is 1.10. The van der Waals surface area contributed by atoms with Gasteiger partial charge in [0.25, 0.3) is 0 Å². The Kier molecular flexibility index (Phi) is 1.54. The summed E-state index contributed by atoms with van der Waals surface area (Å²) < 4.78 is 0. The zero-order valence-corrected chi connectivity index (χ0v) is 6.80. The normalized spacial score (nSPS) is 20.6. The van der Waals surface area contributed by atoms with E-state index in [9.17, 15) is 0 Å². The highest BCUT2D eigenvalue weighted by Crippen LogP contribution is 2.31. The molecule has 0 fully saturated rings. The van der Waals surface area contributed by atoms with Gasteiger partial charge < -0.3 is 0 Å². The molecule has 0 saturated heterocycles. The summed E-state index contributed by atoms with van der Waals surface area (Å²) in [4.78, 5) is 0. The maximum Gasteiger partial charge on any atom is -0.0157 e. The summed E-state index contributed by atoms with van der Waals surface area (Å²) in [5.74, 6) is 0. The van der Waals surface area contributed by atoms with Crippen LogP contribution < -0.4 is 0 Å². The lowest BCUT2D eigenvalue weighted by atomic mass is 9.96. The van der Waals surface area contributed by atoms with Gasteiger partial charge in [0.15, 0.2) is 0 Å². The summed E-state index contributed by atoms with van der Waals surface area (Å²) >= 11 is 0. The van der Waals surface area contributed by atoms with Gasteiger partial charge in [0, 0.05) is 0 Å². The first-order valence-electron chi connectivity index (χ1n) is 4.20. The molecule has 56 valence electrons. The third-order valence-corrected chi connectivity index (χ3v) is 2.26. The third-order valence-electron chi connectivity index (χ3n) is 2.26. The lowest BCUT2D eigenvalue weighted by molar-refractivity contribution is 1.11. The predicted molar refractivity (Wildman–Crippen MR) is 48.3 cm³/mol. The zero-order valence-electron chi connectivity index (χ0n) is 6.80. The van der Waals surface area contributed by atoms with Crippen LogP contribution in [0.25, 0.3) is 0 Å². The first kappa shape index (κ1) is 6.66. The van der Waals surface area contributed by atoms with Gasteiger partial charge in [0.2, 0.25) is 0 Å². The number of fused-ring (bicyclic) bond motifs is 1. The molecule has 0 aromatic carbocycles. The standard InChI is InChI=1S/C11H12/c1-2-9-7-8-10-5-3-4-6-11(9)10/h3,5-8H,2,4H2,1H3. The van der Waals surface area contributed by atoms with E-state index in [1.165, 1.54) is 16.7 Å². The Morgan fingerprint density at radius 1 is 1.36 bits per heavy atom. The maximum atomic E-state index is 2.31. The molecule has 0 amide bonds. The van der Waals surface area contributed by atoms with Crippen molar-refractivity contribution < 1.29 is 0 Å². The molecule has 2 aliphatic carbocycles. The molecule has 0 spiro atoms. The molecule has 0 heteroatoms. The van der Waals surface area contributed by atoms with E-state index in [4.69, 9.17) is 0 Å². The molecule has 0 radical (unpaired) electrons. The monoisotopic (exact) mass is 144 g/mol. The molecule has 2 aliphatic rings. The number of hydrogen-bond acceptors (Lipinski definition) is 0. The molecular weight excluding hydrogens is 132 g/mol. The predicted octanol–water partition coefficient (Wildman–Crippen LogP) is 3.15. The zero-order chi connectivity index (χ0) is 7.68. The minimum Gasteiger partial charge on any atom is -0.0801 e. The Hall–Kier alpha value is -1.04. The Morgan fingerprint density at radius 2 is 2.27 bits per heavy atom. The average Bonchev–Trinajstić information content (AvgIpc) is 2.47. The lowest BCUT2D eigenvalue weighted by Crippen LogP contribution is -1.89. The smallest absolute Gasteiger partial charge is 0.0157 e. The average molecular weight is 144 g/mol. The highest BCUT2D eigenvalue weighted by molar-refractivity contribution is 5.60. The van der Waals surface area contributed by atoms with E-state index in [1.807, 2.05) is 0 Å². The number of allylic oxidation sites excluding steroid dienone is 8. The fourth-order valence-electron chi connectivity index (χ4n) is 1.64. The van der Waals surface area contributed by atoms with Gasteiger partial charge in [0.05, 0.1) is 0 Å². The van der Waals surface area contributed by atoms with Gasteiger partial charge in [-0.15, -0.1) is 0 Å². The quantitative estimate of drug-likeness (QED) is 0.530. The van der Waals surface area contributed by atoms with E-state index in [0.29, 0.717) is 0 Å². The van der Waals surface area contributed by atoms with Gasteiger partial charge in [-0.2, -0.15) is 0 Å². The fraction of sp³-hybridized carbons (Fsp3) is 0.273. The summed E-state index contributed by atoms with van der Waals surface area (Å²) in [6.45, 7) is 2.21. The van der Waals surface area contributed by atoms with Crippen molar-refractivity contribution in [1.29, 1.82) is 0 Å². The van der Waals surface area contributed by atoms with E-state index in [0.717, 1.165) is 12.8 Å². The Balaban J connectivity index is 2.34. The summed E-state index contributed by atoms with van der Waals surface area (Å²) in [7, 11) is 0. The number of hydrogen-bond donors (Lipinski definition) is 0. The molecular formula is C11H12. The van der Waals surface area contributed by atoms with Crippen LogP contribution in [0.5, 0.6) is 0 Å². The second kappa shape index (κ2) is 2.54. The van der Waals surface area contributed by atoms with E-state index in [-0.39, 0.29) is 0 Å². The van der Waals surface area contributed by atoms with E-state index < -0.39 is 0 Å². The summed E-state index contributed by atoms with van der Waals surface area (Å²) in [6.07, 6.45) is 13.4. The maximum absolute atomic E-state index is 2.31. The van der Waals surface area contributed by atoms with Crippen molar-refractivity contribution in [3.63, 3.8) is 0 Å². The van der Waals surface area contributed by atoms with Gasteiger partial charge in [-0.1, -0.05) is 37.3 Å². The molecule has 0 nitrogen and oxygen atoms in total. The molecule has 0 N–H and O–H groups in total. The fourth-order valence-corrected chi connectivity index (χ4v) is 1.64. The van der Waals surface area contributed by atoms with Crippen molar-refractivity contribution in [1.82, 2.24) is 0 Å². The lowest BCUT2D eigenvalue weighted by Gasteiger charge is -2.08. The molecule has 0 atom stereocenters. The third kappa shape index (κ3) is 0.988. The molecule has 0 aromatic heterocycles. The van der Waals surface area contributed by atoms with Gasteiger partial charge in [-0.3, -0.25) is 0 Å². The number of rotatable bonds is 1. The van der Waals surface area contributed by atoms with E-state index >= 15 is 0 Å². The highest BCUT2D eigenvalue weighted by atomic mass is 14.2. The van der Waals surface area contributed by atoms with Crippen molar-refractivity contribution in [3.05, 3.63) is 47.1 Å². The van der Waals surface area contributed by atoms with Crippen LogP contribution in [0, 0.1) is 0 Å². The Morgan fingerprint density at radius 3 is 3.09 bits per heavy atom. The second-order valence-corrected chi connectivity index (χ2v) is 2.92. The van der Waals surface area contributed by atoms with Crippen molar-refractivity contribution in [2.75, 3.05) is 0 Å². The second-order valence-electron chi connectivity index (χ2n) is 2.92. The van der Waals surface area contributed by atoms with Gasteiger partial charge in [-0.05, 0) is 29.6 Å². The SMILES string of the molecule is CCC1=CC=C2C=CCC=C21. The highest BCUT2D eigenvalue weighted by Gasteiger charge is 2.12. The summed E-state index contributed by atoms with van der Waals surface area (Å²) in [5, 5.41) is 0. The van der Waals surface area contributed by atoms with E-state index in [2.05, 4.69) is 37.3 Å². The van der Waals surface area contributed by atoms with Crippen LogP contribution in [0.4, 0.5) is 0 Å². The molecule has 2 rings (SSSR count). The molecule has 0 unspecified atom stereocenters. The van der Waals surface area contributed by atoms with Crippen LogP contribution in [0.3, 0.4) is 0 Å². The molecule has 0 bridgehead atoms. The largest absolute Gasteiger partial charge is 0.0801 e. The molecule has 0 heterocycles. The van der Waals surface area contributed by atoms with Crippen molar-refractivity contribution in [3.8, 4) is 0 Å². The van der Waals surface area contributed by atoms with Crippen molar-refractivity contribution in [2.24, 2.45) is 0 Å². The first-order chi connectivity index (χ1) is 5.42. The molecule has 0 aliphatic heterocycles. The summed E-state index contributed by atoms with van der Waals surface area (Å²) in [5.41, 5.74) is 4.35. The van der Waals surface area contributed by atoms with Crippen molar-refractivity contribution in [2.45, 2.75) is 19.8 Å². The van der Waals surface area contributed by atoms with Crippen LogP contribution >= 0.6 is 0 Å². The molecule has 0 saturated carbocycles. The van der Waals surface area contributed by atoms with E-state index in [1.54, 1.807) is 0 Å². The van der Waals surface area contributed by atoms with Gasteiger partial charge in [0.1, 0.15) is 0 Å². The van der Waals surface area contributed by atoms with Crippen LogP contribution in [-0.4, -0.2) is 0 Å². The summed E-state index contributed by atoms with van der Waals surface area (Å²) in [6, 6.07) is 0. The van der Waals surface area contributed by atoms with Crippen LogP contribution in [0.2, 0.25) is 0 Å². The van der Waals surface area contributed by atoms with Crippen molar-refractivity contribution >= 4 is 0 Å². The Labute approximate surface area is 67.6 Å². The topological polar surface area (TPSA) is 0 Å². The molecule has 11 heavy (non-hydrogen) atoms. The van der Waals surface area contributed by atoms with Gasteiger partial charge in [-0.25, -0.2) is 0 Å². The van der Waals surface area contributed by atoms with Crippen LogP contribution in [0.1, 0.15) is 19.8 Å². The van der Waals surface area contributed by atoms with Crippen LogP contribution in [-0.2, 0) is 0 Å².